The third-order valence-electron chi connectivity index (χ3n) is 2.24. The summed E-state index contributed by atoms with van der Waals surface area (Å²) in [6.45, 7) is 8.20. The Balaban J connectivity index is 0.000000921. The average Bonchev–Trinajstić information content (AvgIpc) is 2.31. The van der Waals surface area contributed by atoms with Crippen LogP contribution in [0.3, 0.4) is 0 Å². The standard InChI is InChI=1S/C11H16O2.C2H6/c1-5-9-8(2)6-7-10(12-3)11(9)13-4;1-2/h6-7H,5H2,1-4H3;1-2H3. The molecule has 2 nitrogen and oxygen atoms in total. The van der Waals surface area contributed by atoms with Crippen molar-refractivity contribution in [1.29, 1.82) is 0 Å². The molecule has 0 bridgehead atoms. The SMILES string of the molecule is CC.CCc1c(C)ccc(OC)c1OC. The van der Waals surface area contributed by atoms with Crippen LogP contribution in [0.4, 0.5) is 0 Å². The molecule has 0 atom stereocenters. The van der Waals surface area contributed by atoms with Gasteiger partial charge in [0.05, 0.1) is 14.2 Å². The van der Waals surface area contributed by atoms with E-state index in [1.165, 1.54) is 11.1 Å². The van der Waals surface area contributed by atoms with Gasteiger partial charge in [0.25, 0.3) is 0 Å². The van der Waals surface area contributed by atoms with E-state index in [-0.39, 0.29) is 0 Å². The number of aryl methyl sites for hydroxylation is 1. The second-order valence-electron chi connectivity index (χ2n) is 2.95. The molecular weight excluding hydrogens is 188 g/mol. The van der Waals surface area contributed by atoms with Crippen molar-refractivity contribution in [3.63, 3.8) is 0 Å². The summed E-state index contributed by atoms with van der Waals surface area (Å²) in [5, 5.41) is 0. The summed E-state index contributed by atoms with van der Waals surface area (Å²) in [4.78, 5) is 0. The quantitative estimate of drug-likeness (QED) is 0.759. The van der Waals surface area contributed by atoms with Crippen LogP contribution in [-0.2, 0) is 6.42 Å². The molecular formula is C13H22O2. The summed E-state index contributed by atoms with van der Waals surface area (Å²) in [5.74, 6) is 1.68. The lowest BCUT2D eigenvalue weighted by molar-refractivity contribution is 0.351. The molecule has 2 heteroatoms. The summed E-state index contributed by atoms with van der Waals surface area (Å²) in [6, 6.07) is 3.99. The van der Waals surface area contributed by atoms with Crippen LogP contribution in [0.2, 0.25) is 0 Å². The van der Waals surface area contributed by atoms with Crippen molar-refractivity contribution in [2.75, 3.05) is 14.2 Å². The molecule has 0 N–H and O–H groups in total. The molecule has 0 heterocycles. The molecule has 0 aliphatic rings. The summed E-state index contributed by atoms with van der Waals surface area (Å²) < 4.78 is 10.5. The fourth-order valence-electron chi connectivity index (χ4n) is 1.53. The van der Waals surface area contributed by atoms with E-state index in [4.69, 9.17) is 9.47 Å². The van der Waals surface area contributed by atoms with Crippen molar-refractivity contribution in [3.05, 3.63) is 23.3 Å². The molecule has 0 aliphatic carbocycles. The molecule has 0 spiro atoms. The maximum absolute atomic E-state index is 5.31. The largest absolute Gasteiger partial charge is 0.493 e. The van der Waals surface area contributed by atoms with Gasteiger partial charge in [-0.2, -0.15) is 0 Å². The monoisotopic (exact) mass is 210 g/mol. The molecule has 0 aromatic heterocycles. The lowest BCUT2D eigenvalue weighted by Gasteiger charge is -2.13. The number of rotatable bonds is 3. The van der Waals surface area contributed by atoms with E-state index in [1.54, 1.807) is 14.2 Å². The van der Waals surface area contributed by atoms with Crippen molar-refractivity contribution >= 4 is 0 Å². The van der Waals surface area contributed by atoms with E-state index < -0.39 is 0 Å². The maximum Gasteiger partial charge on any atom is 0.164 e. The van der Waals surface area contributed by atoms with Crippen LogP contribution in [-0.4, -0.2) is 14.2 Å². The van der Waals surface area contributed by atoms with Crippen LogP contribution in [0.5, 0.6) is 11.5 Å². The number of hydrogen-bond acceptors (Lipinski definition) is 2. The first-order valence-electron chi connectivity index (χ1n) is 5.45. The first-order valence-corrected chi connectivity index (χ1v) is 5.45. The van der Waals surface area contributed by atoms with Gasteiger partial charge in [-0.3, -0.25) is 0 Å². The minimum atomic E-state index is 0.810. The summed E-state index contributed by atoms with van der Waals surface area (Å²) >= 11 is 0. The van der Waals surface area contributed by atoms with Gasteiger partial charge >= 0.3 is 0 Å². The van der Waals surface area contributed by atoms with E-state index in [0.29, 0.717) is 0 Å². The third kappa shape index (κ3) is 3.15. The van der Waals surface area contributed by atoms with Gasteiger partial charge in [-0.05, 0) is 25.0 Å². The Morgan fingerprint density at radius 2 is 1.67 bits per heavy atom. The predicted octanol–water partition coefficient (Wildman–Crippen LogP) is 3.60. The Morgan fingerprint density at radius 3 is 2.07 bits per heavy atom. The molecule has 86 valence electrons. The van der Waals surface area contributed by atoms with Crippen molar-refractivity contribution in [3.8, 4) is 11.5 Å². The summed E-state index contributed by atoms with van der Waals surface area (Å²) in [5.41, 5.74) is 2.47. The highest BCUT2D eigenvalue weighted by atomic mass is 16.5. The molecule has 0 unspecified atom stereocenters. The van der Waals surface area contributed by atoms with Gasteiger partial charge in [0.15, 0.2) is 11.5 Å². The van der Waals surface area contributed by atoms with Crippen LogP contribution in [0, 0.1) is 6.92 Å². The molecule has 0 saturated heterocycles. The van der Waals surface area contributed by atoms with E-state index in [2.05, 4.69) is 19.9 Å². The first kappa shape index (κ1) is 13.8. The molecule has 0 saturated carbocycles. The summed E-state index contributed by atoms with van der Waals surface area (Å²) in [7, 11) is 3.34. The van der Waals surface area contributed by atoms with Crippen molar-refractivity contribution in [1.82, 2.24) is 0 Å². The molecule has 0 fully saturated rings. The van der Waals surface area contributed by atoms with Gasteiger partial charge < -0.3 is 9.47 Å². The molecule has 1 rings (SSSR count). The predicted molar refractivity (Wildman–Crippen MR) is 65.0 cm³/mol. The van der Waals surface area contributed by atoms with Gasteiger partial charge in [-0.15, -0.1) is 0 Å². The van der Waals surface area contributed by atoms with Crippen LogP contribution in [0.1, 0.15) is 31.9 Å². The molecule has 15 heavy (non-hydrogen) atoms. The zero-order valence-corrected chi connectivity index (χ0v) is 10.7. The van der Waals surface area contributed by atoms with Gasteiger partial charge in [0, 0.05) is 5.56 Å². The normalized spacial score (nSPS) is 8.93. The number of benzene rings is 1. The van der Waals surface area contributed by atoms with Gasteiger partial charge in [-0.25, -0.2) is 0 Å². The zero-order chi connectivity index (χ0) is 11.8. The van der Waals surface area contributed by atoms with Gasteiger partial charge in [0.2, 0.25) is 0 Å². The minimum absolute atomic E-state index is 0.810. The first-order chi connectivity index (χ1) is 7.24. The third-order valence-corrected chi connectivity index (χ3v) is 2.24. The van der Waals surface area contributed by atoms with Crippen molar-refractivity contribution in [2.24, 2.45) is 0 Å². The smallest absolute Gasteiger partial charge is 0.164 e. The molecule has 0 aliphatic heterocycles. The number of ether oxygens (including phenoxy) is 2. The highest BCUT2D eigenvalue weighted by Gasteiger charge is 2.10. The highest BCUT2D eigenvalue weighted by molar-refractivity contribution is 5.50. The zero-order valence-electron chi connectivity index (χ0n) is 10.7. The topological polar surface area (TPSA) is 18.5 Å². The fraction of sp³-hybridized carbons (Fsp3) is 0.538. The van der Waals surface area contributed by atoms with Crippen molar-refractivity contribution in [2.45, 2.75) is 34.1 Å². The van der Waals surface area contributed by atoms with Gasteiger partial charge in [-0.1, -0.05) is 26.8 Å². The molecule has 1 aromatic carbocycles. The number of hydrogen-bond donors (Lipinski definition) is 0. The molecule has 0 amide bonds. The van der Waals surface area contributed by atoms with E-state index in [9.17, 15) is 0 Å². The van der Waals surface area contributed by atoms with E-state index in [1.807, 2.05) is 19.9 Å². The Kier molecular flexibility index (Phi) is 6.59. The average molecular weight is 210 g/mol. The Morgan fingerprint density at radius 1 is 1.07 bits per heavy atom. The lowest BCUT2D eigenvalue weighted by Crippen LogP contribution is -1.97. The fourth-order valence-corrected chi connectivity index (χ4v) is 1.53. The lowest BCUT2D eigenvalue weighted by atomic mass is 10.0. The van der Waals surface area contributed by atoms with Crippen LogP contribution < -0.4 is 9.47 Å². The summed E-state index contributed by atoms with van der Waals surface area (Å²) in [6.07, 6.45) is 0.964. The Hall–Kier alpha value is -1.18. The molecule has 0 radical (unpaired) electrons. The van der Waals surface area contributed by atoms with Crippen molar-refractivity contribution < 1.29 is 9.47 Å². The molecule has 1 aromatic rings. The second-order valence-corrected chi connectivity index (χ2v) is 2.95. The minimum Gasteiger partial charge on any atom is -0.493 e. The Bertz CT molecular complexity index is 293. The number of methoxy groups -OCH3 is 2. The maximum atomic E-state index is 5.31. The van der Waals surface area contributed by atoms with Crippen LogP contribution in [0.25, 0.3) is 0 Å². The van der Waals surface area contributed by atoms with Crippen LogP contribution in [0.15, 0.2) is 12.1 Å². The van der Waals surface area contributed by atoms with E-state index >= 15 is 0 Å². The van der Waals surface area contributed by atoms with Gasteiger partial charge in [0.1, 0.15) is 0 Å². The highest BCUT2D eigenvalue weighted by Crippen LogP contribution is 2.33. The Labute approximate surface area is 93.2 Å². The second kappa shape index (κ2) is 7.16. The van der Waals surface area contributed by atoms with E-state index in [0.717, 1.165) is 17.9 Å². The van der Waals surface area contributed by atoms with Crippen LogP contribution >= 0.6 is 0 Å².